The van der Waals surface area contributed by atoms with Crippen LogP contribution in [0.5, 0.6) is 11.5 Å². The summed E-state index contributed by atoms with van der Waals surface area (Å²) in [5.41, 5.74) is 0.0958. The van der Waals surface area contributed by atoms with E-state index in [2.05, 4.69) is 9.68 Å². The van der Waals surface area contributed by atoms with E-state index in [0.29, 0.717) is 0 Å². The first-order chi connectivity index (χ1) is 9.97. The standard InChI is InChI=1S/C13H11F2NO5/c1-19-9-4-7(12(14)15)10(20-2)3-6(9)8-5-11(13(17)18)21-16-8/h3-5,12H,1-2H3,(H,17,18). The highest BCUT2D eigenvalue weighted by Crippen LogP contribution is 2.39. The van der Waals surface area contributed by atoms with Crippen molar-refractivity contribution < 1.29 is 32.7 Å². The van der Waals surface area contributed by atoms with E-state index in [9.17, 15) is 13.6 Å². The number of alkyl halides is 2. The summed E-state index contributed by atoms with van der Waals surface area (Å²) in [4.78, 5) is 10.8. The molecular weight excluding hydrogens is 288 g/mol. The number of carboxylic acid groups (broad SMARTS) is 1. The van der Waals surface area contributed by atoms with Crippen LogP contribution < -0.4 is 9.47 Å². The van der Waals surface area contributed by atoms with E-state index in [1.54, 1.807) is 0 Å². The van der Waals surface area contributed by atoms with Crippen molar-refractivity contribution in [3.63, 3.8) is 0 Å². The zero-order valence-electron chi connectivity index (χ0n) is 11.1. The number of aromatic carboxylic acids is 1. The van der Waals surface area contributed by atoms with Gasteiger partial charge in [0.05, 0.1) is 19.8 Å². The molecule has 0 saturated carbocycles. The number of halogens is 2. The molecule has 0 amide bonds. The second-order valence-corrected chi connectivity index (χ2v) is 3.98. The third kappa shape index (κ3) is 2.78. The third-order valence-electron chi connectivity index (χ3n) is 2.78. The Hall–Kier alpha value is -2.64. The molecule has 0 saturated heterocycles. The smallest absolute Gasteiger partial charge is 0.374 e. The van der Waals surface area contributed by atoms with Crippen LogP contribution in [-0.4, -0.2) is 30.5 Å². The summed E-state index contributed by atoms with van der Waals surface area (Å²) >= 11 is 0. The molecule has 6 nitrogen and oxygen atoms in total. The lowest BCUT2D eigenvalue weighted by Crippen LogP contribution is -1.97. The van der Waals surface area contributed by atoms with Crippen molar-refractivity contribution in [2.24, 2.45) is 0 Å². The largest absolute Gasteiger partial charge is 0.496 e. The SMILES string of the molecule is COc1cc(C(F)F)c(OC)cc1-c1cc(C(=O)O)on1. The van der Waals surface area contributed by atoms with E-state index in [0.717, 1.165) is 6.07 Å². The first kappa shape index (κ1) is 14.8. The van der Waals surface area contributed by atoms with Gasteiger partial charge in [0.15, 0.2) is 0 Å². The predicted octanol–water partition coefficient (Wildman–Crippen LogP) is 2.99. The Morgan fingerprint density at radius 2 is 1.90 bits per heavy atom. The van der Waals surface area contributed by atoms with Crippen LogP contribution in [0.4, 0.5) is 8.78 Å². The molecule has 0 aliphatic rings. The Kier molecular flexibility index (Phi) is 4.06. The summed E-state index contributed by atoms with van der Waals surface area (Å²) in [5, 5.41) is 12.4. The highest BCUT2D eigenvalue weighted by Gasteiger charge is 2.21. The van der Waals surface area contributed by atoms with Crippen LogP contribution in [0.3, 0.4) is 0 Å². The number of hydrogen-bond acceptors (Lipinski definition) is 5. The maximum atomic E-state index is 12.9. The van der Waals surface area contributed by atoms with Gasteiger partial charge in [0.25, 0.3) is 6.43 Å². The molecule has 1 N–H and O–H groups in total. The van der Waals surface area contributed by atoms with Crippen LogP contribution in [0.2, 0.25) is 0 Å². The Bertz CT molecular complexity index is 669. The number of rotatable bonds is 5. The average molecular weight is 299 g/mol. The fourth-order valence-electron chi connectivity index (χ4n) is 1.79. The summed E-state index contributed by atoms with van der Waals surface area (Å²) in [5.74, 6) is -1.61. The number of methoxy groups -OCH3 is 2. The van der Waals surface area contributed by atoms with Gasteiger partial charge in [0, 0.05) is 11.6 Å². The fourth-order valence-corrected chi connectivity index (χ4v) is 1.79. The first-order valence-corrected chi connectivity index (χ1v) is 5.72. The lowest BCUT2D eigenvalue weighted by Gasteiger charge is -2.13. The van der Waals surface area contributed by atoms with Crippen LogP contribution in [0.25, 0.3) is 11.3 Å². The van der Waals surface area contributed by atoms with Gasteiger partial charge in [-0.1, -0.05) is 5.16 Å². The molecule has 0 spiro atoms. The lowest BCUT2D eigenvalue weighted by molar-refractivity contribution is 0.0652. The molecular formula is C13H11F2NO5. The number of benzene rings is 1. The molecule has 0 fully saturated rings. The monoisotopic (exact) mass is 299 g/mol. The van der Waals surface area contributed by atoms with Gasteiger partial charge in [-0.15, -0.1) is 0 Å². The van der Waals surface area contributed by atoms with E-state index in [1.807, 2.05) is 0 Å². The van der Waals surface area contributed by atoms with Crippen molar-refractivity contribution >= 4 is 5.97 Å². The Balaban J connectivity index is 2.58. The van der Waals surface area contributed by atoms with Gasteiger partial charge in [-0.05, 0) is 12.1 Å². The van der Waals surface area contributed by atoms with E-state index in [-0.39, 0.29) is 34.1 Å². The fraction of sp³-hybridized carbons (Fsp3) is 0.231. The van der Waals surface area contributed by atoms with Crippen LogP contribution in [-0.2, 0) is 0 Å². The number of aromatic nitrogens is 1. The molecule has 2 rings (SSSR count). The summed E-state index contributed by atoms with van der Waals surface area (Å²) in [6, 6.07) is 3.58. The zero-order chi connectivity index (χ0) is 15.6. The maximum Gasteiger partial charge on any atom is 0.374 e. The summed E-state index contributed by atoms with van der Waals surface area (Å²) < 4.78 is 40.4. The lowest BCUT2D eigenvalue weighted by atomic mass is 10.1. The molecule has 1 aromatic heterocycles. The van der Waals surface area contributed by atoms with Gasteiger partial charge in [-0.3, -0.25) is 0 Å². The molecule has 2 aromatic rings. The van der Waals surface area contributed by atoms with E-state index in [1.165, 1.54) is 26.4 Å². The van der Waals surface area contributed by atoms with Crippen molar-refractivity contribution in [2.75, 3.05) is 14.2 Å². The van der Waals surface area contributed by atoms with Gasteiger partial charge in [0.2, 0.25) is 5.76 Å². The topological polar surface area (TPSA) is 81.8 Å². The third-order valence-corrected chi connectivity index (χ3v) is 2.78. The minimum atomic E-state index is -2.74. The highest BCUT2D eigenvalue weighted by atomic mass is 19.3. The van der Waals surface area contributed by atoms with Crippen LogP contribution in [0.1, 0.15) is 22.5 Å². The molecule has 0 bridgehead atoms. The van der Waals surface area contributed by atoms with Crippen molar-refractivity contribution in [1.29, 1.82) is 0 Å². The van der Waals surface area contributed by atoms with E-state index in [4.69, 9.17) is 14.6 Å². The molecule has 0 aliphatic carbocycles. The second-order valence-electron chi connectivity index (χ2n) is 3.98. The van der Waals surface area contributed by atoms with Gasteiger partial charge >= 0.3 is 5.97 Å². The second kappa shape index (κ2) is 5.78. The van der Waals surface area contributed by atoms with Crippen molar-refractivity contribution in [3.05, 3.63) is 29.5 Å². The normalized spacial score (nSPS) is 10.7. The highest BCUT2D eigenvalue weighted by molar-refractivity contribution is 5.86. The number of nitrogens with zero attached hydrogens (tertiary/aromatic N) is 1. The van der Waals surface area contributed by atoms with Crippen molar-refractivity contribution in [1.82, 2.24) is 5.16 Å². The maximum absolute atomic E-state index is 12.9. The molecule has 1 heterocycles. The molecule has 0 radical (unpaired) electrons. The Morgan fingerprint density at radius 1 is 1.24 bits per heavy atom. The molecule has 112 valence electrons. The van der Waals surface area contributed by atoms with Gasteiger partial charge in [-0.2, -0.15) is 0 Å². The number of carboxylic acids is 1. The minimum Gasteiger partial charge on any atom is -0.496 e. The number of carbonyl (C=O) groups is 1. The molecule has 21 heavy (non-hydrogen) atoms. The Morgan fingerprint density at radius 3 is 2.38 bits per heavy atom. The summed E-state index contributed by atoms with van der Waals surface area (Å²) in [6.45, 7) is 0. The molecule has 0 unspecified atom stereocenters. The molecule has 0 atom stereocenters. The molecule has 0 aliphatic heterocycles. The van der Waals surface area contributed by atoms with Gasteiger partial charge < -0.3 is 19.1 Å². The number of hydrogen-bond donors (Lipinski definition) is 1. The molecule has 1 aromatic carbocycles. The average Bonchev–Trinajstić information content (AvgIpc) is 2.95. The van der Waals surface area contributed by atoms with E-state index < -0.39 is 12.4 Å². The van der Waals surface area contributed by atoms with Crippen LogP contribution in [0.15, 0.2) is 22.7 Å². The van der Waals surface area contributed by atoms with Crippen molar-refractivity contribution in [3.8, 4) is 22.8 Å². The number of ether oxygens (including phenoxy) is 2. The zero-order valence-corrected chi connectivity index (χ0v) is 11.1. The van der Waals surface area contributed by atoms with Crippen molar-refractivity contribution in [2.45, 2.75) is 6.43 Å². The van der Waals surface area contributed by atoms with Crippen LogP contribution in [0, 0.1) is 0 Å². The van der Waals surface area contributed by atoms with E-state index >= 15 is 0 Å². The van der Waals surface area contributed by atoms with Crippen LogP contribution >= 0.6 is 0 Å². The first-order valence-electron chi connectivity index (χ1n) is 5.72. The minimum absolute atomic E-state index is 0.0549. The summed E-state index contributed by atoms with van der Waals surface area (Å²) in [6.07, 6.45) is -2.74. The molecule has 8 heteroatoms. The predicted molar refractivity (Wildman–Crippen MR) is 67.0 cm³/mol. The summed E-state index contributed by atoms with van der Waals surface area (Å²) in [7, 11) is 2.56. The van der Waals surface area contributed by atoms with Gasteiger partial charge in [-0.25, -0.2) is 13.6 Å². The quantitative estimate of drug-likeness (QED) is 0.914. The van der Waals surface area contributed by atoms with Gasteiger partial charge in [0.1, 0.15) is 17.2 Å². The Labute approximate surface area is 117 Å².